The number of carboxylic acid groups (broad SMARTS) is 1. The zero-order valence-corrected chi connectivity index (χ0v) is 11.3. The third-order valence-corrected chi connectivity index (χ3v) is 3.09. The number of rotatable bonds is 4. The molecule has 0 aliphatic rings. The molecule has 1 amide bonds. The van der Waals surface area contributed by atoms with E-state index in [1.807, 2.05) is 0 Å². The average Bonchev–Trinajstić information content (AvgIpc) is 2.36. The minimum absolute atomic E-state index is 0.171. The maximum Gasteiger partial charge on any atom is 0.329 e. The number of nitrogens with zero attached hydrogens (tertiary/aromatic N) is 1. The molecule has 0 aliphatic heterocycles. The monoisotopic (exact) mass is 267 g/mol. The van der Waals surface area contributed by atoms with Crippen LogP contribution in [0.1, 0.15) is 24.2 Å². The van der Waals surface area contributed by atoms with E-state index in [1.54, 1.807) is 0 Å². The predicted molar refractivity (Wildman–Crippen MR) is 68.5 cm³/mol. The lowest BCUT2D eigenvalue weighted by Gasteiger charge is -2.31. The highest BCUT2D eigenvalue weighted by atomic mass is 16.5. The van der Waals surface area contributed by atoms with E-state index in [-0.39, 0.29) is 17.1 Å². The van der Waals surface area contributed by atoms with Crippen molar-refractivity contribution in [3.63, 3.8) is 0 Å². The first-order chi connectivity index (χ1) is 8.71. The van der Waals surface area contributed by atoms with Crippen LogP contribution < -0.4 is 4.74 Å². The summed E-state index contributed by atoms with van der Waals surface area (Å²) in [6.07, 6.45) is 0. The van der Waals surface area contributed by atoms with Crippen molar-refractivity contribution in [2.75, 3.05) is 14.2 Å². The van der Waals surface area contributed by atoms with Gasteiger partial charge in [-0.15, -0.1) is 0 Å². The summed E-state index contributed by atoms with van der Waals surface area (Å²) in [5.41, 5.74) is -1.15. The summed E-state index contributed by atoms with van der Waals surface area (Å²) >= 11 is 0. The van der Waals surface area contributed by atoms with Gasteiger partial charge in [-0.1, -0.05) is 0 Å². The molecule has 0 unspecified atom stereocenters. The van der Waals surface area contributed by atoms with E-state index in [9.17, 15) is 14.7 Å². The second-order valence-electron chi connectivity index (χ2n) is 4.61. The van der Waals surface area contributed by atoms with Crippen LogP contribution in [0.25, 0.3) is 0 Å². The first-order valence-corrected chi connectivity index (χ1v) is 5.60. The van der Waals surface area contributed by atoms with E-state index in [0.717, 1.165) is 4.90 Å². The van der Waals surface area contributed by atoms with Crippen LogP contribution >= 0.6 is 0 Å². The van der Waals surface area contributed by atoms with Crippen molar-refractivity contribution in [3.05, 3.63) is 23.8 Å². The standard InChI is InChI=1S/C13H17NO5/c1-13(2,12(17)18)14(3)11(16)8-5-6-10(19-4)9(15)7-8/h5-7,15H,1-4H3,(H,17,18). The molecule has 2 N–H and O–H groups in total. The Morgan fingerprint density at radius 2 is 1.89 bits per heavy atom. The Bertz CT molecular complexity index is 510. The van der Waals surface area contributed by atoms with E-state index in [4.69, 9.17) is 9.84 Å². The molecular weight excluding hydrogens is 250 g/mol. The summed E-state index contributed by atoms with van der Waals surface area (Å²) in [6.45, 7) is 2.85. The highest BCUT2D eigenvalue weighted by molar-refractivity contribution is 5.98. The van der Waals surface area contributed by atoms with Gasteiger partial charge in [0.25, 0.3) is 5.91 Å². The first kappa shape index (κ1) is 14.8. The van der Waals surface area contributed by atoms with Crippen LogP contribution in [-0.2, 0) is 4.79 Å². The molecule has 0 fully saturated rings. The summed E-state index contributed by atoms with van der Waals surface area (Å²) in [5.74, 6) is -1.53. The molecule has 0 bridgehead atoms. The van der Waals surface area contributed by atoms with Crippen LogP contribution in [0.15, 0.2) is 18.2 Å². The number of phenols is 1. The molecular formula is C13H17NO5. The molecule has 19 heavy (non-hydrogen) atoms. The van der Waals surface area contributed by atoms with Crippen molar-refractivity contribution in [3.8, 4) is 11.5 Å². The number of phenolic OH excluding ortho intramolecular Hbond substituents is 1. The number of aromatic hydroxyl groups is 1. The number of aliphatic carboxylic acids is 1. The Kier molecular flexibility index (Phi) is 4.04. The number of carboxylic acids is 1. The molecule has 0 saturated carbocycles. The van der Waals surface area contributed by atoms with Crippen LogP contribution in [0.3, 0.4) is 0 Å². The molecule has 1 rings (SSSR count). The largest absolute Gasteiger partial charge is 0.504 e. The lowest BCUT2D eigenvalue weighted by Crippen LogP contribution is -2.50. The number of benzene rings is 1. The quantitative estimate of drug-likeness (QED) is 0.859. The minimum atomic E-state index is -1.34. The van der Waals surface area contributed by atoms with Gasteiger partial charge in [0.05, 0.1) is 7.11 Å². The van der Waals surface area contributed by atoms with Crippen molar-refractivity contribution in [1.82, 2.24) is 4.90 Å². The third-order valence-electron chi connectivity index (χ3n) is 3.09. The number of ether oxygens (including phenoxy) is 1. The second kappa shape index (κ2) is 5.17. The molecule has 0 atom stereocenters. The van der Waals surface area contributed by atoms with Gasteiger partial charge in [0, 0.05) is 12.6 Å². The molecule has 0 radical (unpaired) electrons. The van der Waals surface area contributed by atoms with Gasteiger partial charge in [0.1, 0.15) is 5.54 Å². The summed E-state index contributed by atoms with van der Waals surface area (Å²) < 4.78 is 4.88. The normalized spacial score (nSPS) is 10.9. The number of hydrogen-bond donors (Lipinski definition) is 2. The number of amides is 1. The maximum absolute atomic E-state index is 12.2. The third kappa shape index (κ3) is 2.78. The van der Waals surface area contributed by atoms with Crippen LogP contribution in [-0.4, -0.2) is 46.7 Å². The highest BCUT2D eigenvalue weighted by Gasteiger charge is 2.35. The van der Waals surface area contributed by atoms with Gasteiger partial charge in [-0.2, -0.15) is 0 Å². The maximum atomic E-state index is 12.2. The Balaban J connectivity index is 3.07. The average molecular weight is 267 g/mol. The molecule has 6 heteroatoms. The Labute approximate surface area is 111 Å². The Hall–Kier alpha value is -2.24. The summed E-state index contributed by atoms with van der Waals surface area (Å²) in [4.78, 5) is 24.4. The smallest absolute Gasteiger partial charge is 0.329 e. The second-order valence-corrected chi connectivity index (χ2v) is 4.61. The van der Waals surface area contributed by atoms with Gasteiger partial charge in [-0.25, -0.2) is 4.79 Å². The van der Waals surface area contributed by atoms with Gasteiger partial charge < -0.3 is 19.8 Å². The molecule has 0 heterocycles. The lowest BCUT2D eigenvalue weighted by molar-refractivity contribution is -0.147. The van der Waals surface area contributed by atoms with Crippen LogP contribution in [0.5, 0.6) is 11.5 Å². The SMILES string of the molecule is COc1ccc(C(=O)N(C)C(C)(C)C(=O)O)cc1O. The van der Waals surface area contributed by atoms with Gasteiger partial charge in [0.2, 0.25) is 0 Å². The highest BCUT2D eigenvalue weighted by Crippen LogP contribution is 2.27. The van der Waals surface area contributed by atoms with Crippen molar-refractivity contribution in [2.24, 2.45) is 0 Å². The van der Waals surface area contributed by atoms with Crippen molar-refractivity contribution in [1.29, 1.82) is 0 Å². The fourth-order valence-electron chi connectivity index (χ4n) is 1.41. The molecule has 6 nitrogen and oxygen atoms in total. The van der Waals surface area contributed by atoms with Crippen LogP contribution in [0, 0.1) is 0 Å². The number of hydrogen-bond acceptors (Lipinski definition) is 4. The summed E-state index contributed by atoms with van der Waals surface area (Å²) in [6, 6.07) is 4.16. The molecule has 0 spiro atoms. The Morgan fingerprint density at radius 1 is 1.32 bits per heavy atom. The van der Waals surface area contributed by atoms with Gasteiger partial charge in [-0.05, 0) is 32.0 Å². The van der Waals surface area contributed by atoms with E-state index in [0.29, 0.717) is 0 Å². The predicted octanol–water partition coefficient (Wildman–Crippen LogP) is 1.34. The zero-order chi connectivity index (χ0) is 14.8. The molecule has 1 aromatic rings. The summed E-state index contributed by atoms with van der Waals surface area (Å²) in [7, 11) is 2.80. The molecule has 104 valence electrons. The first-order valence-electron chi connectivity index (χ1n) is 5.60. The number of carbonyl (C=O) groups excluding carboxylic acids is 1. The van der Waals surface area contributed by atoms with Crippen LogP contribution in [0.4, 0.5) is 0 Å². The van der Waals surface area contributed by atoms with Crippen molar-refractivity contribution in [2.45, 2.75) is 19.4 Å². The van der Waals surface area contributed by atoms with E-state index >= 15 is 0 Å². The van der Waals surface area contributed by atoms with Gasteiger partial charge in [-0.3, -0.25) is 4.79 Å². The summed E-state index contributed by atoms with van der Waals surface area (Å²) in [5, 5.41) is 18.7. The number of likely N-dealkylation sites (N-methyl/N-ethyl adjacent to an activating group) is 1. The molecule has 0 saturated heterocycles. The fourth-order valence-corrected chi connectivity index (χ4v) is 1.41. The molecule has 1 aromatic carbocycles. The molecule has 0 aromatic heterocycles. The van der Waals surface area contributed by atoms with Crippen LogP contribution in [0.2, 0.25) is 0 Å². The van der Waals surface area contributed by atoms with Gasteiger partial charge in [0.15, 0.2) is 11.5 Å². The lowest BCUT2D eigenvalue weighted by atomic mass is 10.0. The Morgan fingerprint density at radius 3 is 2.32 bits per heavy atom. The molecule has 0 aliphatic carbocycles. The fraction of sp³-hybridized carbons (Fsp3) is 0.385. The van der Waals surface area contributed by atoms with E-state index in [2.05, 4.69) is 0 Å². The number of carbonyl (C=O) groups is 2. The van der Waals surface area contributed by atoms with E-state index in [1.165, 1.54) is 46.2 Å². The van der Waals surface area contributed by atoms with Crippen molar-refractivity contribution < 1.29 is 24.5 Å². The zero-order valence-electron chi connectivity index (χ0n) is 11.3. The van der Waals surface area contributed by atoms with Crippen molar-refractivity contribution >= 4 is 11.9 Å². The van der Waals surface area contributed by atoms with E-state index < -0.39 is 17.4 Å². The number of methoxy groups -OCH3 is 1. The van der Waals surface area contributed by atoms with Gasteiger partial charge >= 0.3 is 5.97 Å². The minimum Gasteiger partial charge on any atom is -0.504 e. The topological polar surface area (TPSA) is 87.1 Å².